The van der Waals surface area contributed by atoms with Gasteiger partial charge in [-0.3, -0.25) is 4.79 Å². The number of nitrogens with zero attached hydrogens (tertiary/aromatic N) is 5. The second-order valence-corrected chi connectivity index (χ2v) is 8.19. The average Bonchev–Trinajstić information content (AvgIpc) is 2.79. The number of carbonyl (C=O) groups is 1. The zero-order valence-corrected chi connectivity index (χ0v) is 18.7. The first kappa shape index (κ1) is 22.1. The maximum atomic E-state index is 15.2. The highest BCUT2D eigenvalue weighted by molar-refractivity contribution is 6.34. The summed E-state index contributed by atoms with van der Waals surface area (Å²) in [5, 5.41) is 0.0574. The van der Waals surface area contributed by atoms with Crippen LogP contribution in [0.2, 0.25) is 5.02 Å². The van der Waals surface area contributed by atoms with E-state index < -0.39 is 11.7 Å². The van der Waals surface area contributed by atoms with E-state index in [-0.39, 0.29) is 10.6 Å². The lowest BCUT2D eigenvalue weighted by molar-refractivity contribution is 0.0659. The number of benzene rings is 1. The summed E-state index contributed by atoms with van der Waals surface area (Å²) in [6.07, 6.45) is 3.73. The van der Waals surface area contributed by atoms with Crippen LogP contribution in [0.15, 0.2) is 36.8 Å². The van der Waals surface area contributed by atoms with Crippen molar-refractivity contribution in [2.75, 3.05) is 39.0 Å². The lowest BCUT2D eigenvalue weighted by Gasteiger charge is -2.32. The van der Waals surface area contributed by atoms with Crippen LogP contribution in [-0.4, -0.2) is 63.9 Å². The SMILES string of the molecule is CCc1ncnc(-c2cc(F)c(C(=O)N3CCN(C)CC3)c(Cl)c2)c1-c1ccc(N)nc1. The van der Waals surface area contributed by atoms with Gasteiger partial charge in [0, 0.05) is 49.1 Å². The molecule has 4 rings (SSSR count). The summed E-state index contributed by atoms with van der Waals surface area (Å²) in [5.41, 5.74) is 8.89. The number of aryl methyl sites for hydroxylation is 1. The van der Waals surface area contributed by atoms with Gasteiger partial charge >= 0.3 is 0 Å². The van der Waals surface area contributed by atoms with Gasteiger partial charge in [0.15, 0.2) is 0 Å². The summed E-state index contributed by atoms with van der Waals surface area (Å²) in [6.45, 7) is 4.52. The molecule has 1 aliphatic heterocycles. The van der Waals surface area contributed by atoms with Crippen molar-refractivity contribution in [3.8, 4) is 22.4 Å². The molecule has 1 amide bonds. The van der Waals surface area contributed by atoms with Crippen molar-refractivity contribution in [1.29, 1.82) is 0 Å². The highest BCUT2D eigenvalue weighted by atomic mass is 35.5. The first-order chi connectivity index (χ1) is 15.4. The highest BCUT2D eigenvalue weighted by Gasteiger charge is 2.26. The Morgan fingerprint density at radius 1 is 1.12 bits per heavy atom. The maximum Gasteiger partial charge on any atom is 0.258 e. The monoisotopic (exact) mass is 454 g/mol. The number of hydrogen-bond donors (Lipinski definition) is 1. The van der Waals surface area contributed by atoms with E-state index in [1.54, 1.807) is 23.2 Å². The Morgan fingerprint density at radius 2 is 1.88 bits per heavy atom. The Morgan fingerprint density at radius 3 is 2.50 bits per heavy atom. The van der Waals surface area contributed by atoms with Crippen molar-refractivity contribution >= 4 is 23.3 Å². The second kappa shape index (κ2) is 9.18. The minimum atomic E-state index is -0.672. The second-order valence-electron chi connectivity index (χ2n) is 7.78. The minimum Gasteiger partial charge on any atom is -0.384 e. The van der Waals surface area contributed by atoms with Crippen LogP contribution in [0.3, 0.4) is 0 Å². The van der Waals surface area contributed by atoms with Gasteiger partial charge < -0.3 is 15.5 Å². The predicted octanol–water partition coefficient (Wildman–Crippen LogP) is 3.53. The Labute approximate surface area is 191 Å². The van der Waals surface area contributed by atoms with Crippen LogP contribution in [0.25, 0.3) is 22.4 Å². The fourth-order valence-electron chi connectivity index (χ4n) is 3.85. The van der Waals surface area contributed by atoms with E-state index in [4.69, 9.17) is 17.3 Å². The smallest absolute Gasteiger partial charge is 0.258 e. The molecular weight excluding hydrogens is 431 g/mol. The van der Waals surface area contributed by atoms with Gasteiger partial charge in [0.05, 0.1) is 22.0 Å². The largest absolute Gasteiger partial charge is 0.384 e. The van der Waals surface area contributed by atoms with Crippen molar-refractivity contribution in [2.24, 2.45) is 0 Å². The maximum absolute atomic E-state index is 15.2. The van der Waals surface area contributed by atoms with Crippen molar-refractivity contribution in [3.63, 3.8) is 0 Å². The molecule has 2 aromatic heterocycles. The van der Waals surface area contributed by atoms with Gasteiger partial charge in [-0.15, -0.1) is 0 Å². The summed E-state index contributed by atoms with van der Waals surface area (Å²) >= 11 is 6.45. The van der Waals surface area contributed by atoms with Crippen LogP contribution in [0, 0.1) is 5.82 Å². The number of rotatable bonds is 4. The molecule has 0 atom stereocenters. The summed E-state index contributed by atoms with van der Waals surface area (Å²) in [7, 11) is 1.99. The van der Waals surface area contributed by atoms with Crippen molar-refractivity contribution in [1.82, 2.24) is 24.8 Å². The summed E-state index contributed by atoms with van der Waals surface area (Å²) in [5.74, 6) is -0.674. The third kappa shape index (κ3) is 4.28. The number of piperazine rings is 1. The molecule has 1 saturated heterocycles. The van der Waals surface area contributed by atoms with Crippen LogP contribution in [0.1, 0.15) is 23.0 Å². The molecule has 0 aliphatic carbocycles. The first-order valence-electron chi connectivity index (χ1n) is 10.4. The number of nitrogen functional groups attached to an aromatic ring is 1. The lowest BCUT2D eigenvalue weighted by atomic mass is 9.96. The van der Waals surface area contributed by atoms with Crippen molar-refractivity contribution in [2.45, 2.75) is 13.3 Å². The first-order valence-corrected chi connectivity index (χ1v) is 10.8. The number of carbonyl (C=O) groups excluding carboxylic acids is 1. The van der Waals surface area contributed by atoms with Gasteiger partial charge in [-0.05, 0) is 37.7 Å². The van der Waals surface area contributed by atoms with Gasteiger partial charge in [0.1, 0.15) is 18.0 Å². The molecule has 0 spiro atoms. The fourth-order valence-corrected chi connectivity index (χ4v) is 4.14. The van der Waals surface area contributed by atoms with E-state index in [0.717, 1.165) is 29.9 Å². The van der Waals surface area contributed by atoms with Gasteiger partial charge in [-0.1, -0.05) is 18.5 Å². The van der Waals surface area contributed by atoms with Crippen LogP contribution >= 0.6 is 11.6 Å². The molecule has 1 aromatic carbocycles. The number of halogens is 2. The Balaban J connectivity index is 1.77. The van der Waals surface area contributed by atoms with Crippen molar-refractivity contribution in [3.05, 3.63) is 58.9 Å². The Kier molecular flexibility index (Phi) is 6.34. The van der Waals surface area contributed by atoms with Crippen LogP contribution in [-0.2, 0) is 6.42 Å². The number of nitrogens with two attached hydrogens (primary N) is 1. The summed E-state index contributed by atoms with van der Waals surface area (Å²) < 4.78 is 15.2. The van der Waals surface area contributed by atoms with E-state index in [1.807, 2.05) is 20.0 Å². The molecule has 1 aliphatic rings. The standard InChI is InChI=1S/C23H24ClFN6O/c1-3-18-20(14-4-5-19(26)27-12-14)22(29-13-28-18)15-10-16(24)21(17(25)11-15)23(32)31-8-6-30(2)7-9-31/h4-5,10-13H,3,6-9H2,1-2H3,(H2,26,27). The molecule has 3 aromatic rings. The van der Waals surface area contributed by atoms with Crippen LogP contribution in [0.5, 0.6) is 0 Å². The van der Waals surface area contributed by atoms with Gasteiger partial charge in [0.2, 0.25) is 0 Å². The highest BCUT2D eigenvalue weighted by Crippen LogP contribution is 2.35. The third-order valence-electron chi connectivity index (χ3n) is 5.66. The molecule has 0 saturated carbocycles. The van der Waals surface area contributed by atoms with Crippen LogP contribution in [0.4, 0.5) is 10.2 Å². The van der Waals surface area contributed by atoms with E-state index in [9.17, 15) is 4.79 Å². The predicted molar refractivity (Wildman–Crippen MR) is 123 cm³/mol. The van der Waals surface area contributed by atoms with E-state index in [0.29, 0.717) is 36.6 Å². The molecule has 0 unspecified atom stereocenters. The van der Waals surface area contributed by atoms with Gasteiger partial charge in [-0.2, -0.15) is 0 Å². The summed E-state index contributed by atoms with van der Waals surface area (Å²) in [4.78, 5) is 29.7. The molecular formula is C23H24ClFN6O. The molecule has 32 heavy (non-hydrogen) atoms. The van der Waals surface area contributed by atoms with Crippen LogP contribution < -0.4 is 5.73 Å². The molecule has 7 nitrogen and oxygen atoms in total. The number of anilines is 1. The molecule has 0 bridgehead atoms. The van der Waals surface area contributed by atoms with Gasteiger partial charge in [0.25, 0.3) is 5.91 Å². The topological polar surface area (TPSA) is 88.2 Å². The van der Waals surface area contributed by atoms with E-state index in [2.05, 4.69) is 19.9 Å². The van der Waals surface area contributed by atoms with E-state index >= 15 is 4.39 Å². The Bertz CT molecular complexity index is 1120. The number of aromatic nitrogens is 3. The number of amides is 1. The quantitative estimate of drug-likeness (QED) is 0.648. The normalized spacial score (nSPS) is 14.6. The van der Waals surface area contributed by atoms with Crippen molar-refractivity contribution < 1.29 is 9.18 Å². The third-order valence-corrected chi connectivity index (χ3v) is 5.95. The van der Waals surface area contributed by atoms with Gasteiger partial charge in [-0.25, -0.2) is 19.3 Å². The zero-order chi connectivity index (χ0) is 22.8. The summed E-state index contributed by atoms with van der Waals surface area (Å²) in [6, 6.07) is 6.42. The molecule has 9 heteroatoms. The molecule has 166 valence electrons. The molecule has 3 heterocycles. The number of pyridine rings is 1. The lowest BCUT2D eigenvalue weighted by Crippen LogP contribution is -2.47. The zero-order valence-electron chi connectivity index (χ0n) is 18.0. The number of hydrogen-bond acceptors (Lipinski definition) is 6. The molecule has 1 fully saturated rings. The molecule has 0 radical (unpaired) electrons. The minimum absolute atomic E-state index is 0.0574. The molecule has 2 N–H and O–H groups in total. The Hall–Kier alpha value is -3.10. The van der Waals surface area contributed by atoms with E-state index in [1.165, 1.54) is 12.4 Å². The number of likely N-dealkylation sites (N-methyl/N-ethyl adjacent to an activating group) is 1. The fraction of sp³-hybridized carbons (Fsp3) is 0.304. The average molecular weight is 455 g/mol.